The Kier molecular flexibility index (Phi) is 6.96. The number of hydrogen-bond donors (Lipinski definition) is 1. The third kappa shape index (κ3) is 5.31. The van der Waals surface area contributed by atoms with Crippen molar-refractivity contribution in [1.82, 2.24) is 5.32 Å². The molecule has 0 fully saturated rings. The van der Waals surface area contributed by atoms with Gasteiger partial charge in [0.2, 0.25) is 5.91 Å². The second kappa shape index (κ2) is 9.42. The van der Waals surface area contributed by atoms with E-state index < -0.39 is 12.0 Å². The van der Waals surface area contributed by atoms with E-state index in [9.17, 15) is 9.59 Å². The fraction of sp³-hybridized carbons (Fsp3) is 0.238. The van der Waals surface area contributed by atoms with Gasteiger partial charge in [-0.15, -0.1) is 0 Å². The molecule has 0 heterocycles. The first kappa shape index (κ1) is 18.5. The summed E-state index contributed by atoms with van der Waals surface area (Å²) in [6, 6.07) is 18.1. The molecule has 0 aliphatic heterocycles. The number of ether oxygens (including phenoxy) is 1. The van der Waals surface area contributed by atoms with Gasteiger partial charge in [0.05, 0.1) is 7.11 Å². The Balaban J connectivity index is 2.20. The molecule has 2 aromatic carbocycles. The van der Waals surface area contributed by atoms with E-state index in [2.05, 4.69) is 5.32 Å². The van der Waals surface area contributed by atoms with Crippen LogP contribution in [0.5, 0.6) is 0 Å². The normalized spacial score (nSPS) is 12.3. The number of esters is 1. The Bertz CT molecular complexity index is 723. The van der Waals surface area contributed by atoms with Crippen molar-refractivity contribution in [3.05, 3.63) is 83.4 Å². The number of hydrogen-bond acceptors (Lipinski definition) is 3. The molecule has 0 saturated heterocycles. The molecule has 25 heavy (non-hydrogen) atoms. The van der Waals surface area contributed by atoms with Gasteiger partial charge < -0.3 is 10.1 Å². The van der Waals surface area contributed by atoms with Gasteiger partial charge in [0.1, 0.15) is 0 Å². The van der Waals surface area contributed by atoms with E-state index in [4.69, 9.17) is 4.74 Å². The van der Waals surface area contributed by atoms with Crippen molar-refractivity contribution in [3.63, 3.8) is 0 Å². The van der Waals surface area contributed by atoms with E-state index in [0.29, 0.717) is 17.6 Å². The number of allylic oxidation sites excluding steroid dienone is 1. The highest BCUT2D eigenvalue weighted by Gasteiger charge is 2.24. The van der Waals surface area contributed by atoms with Crippen LogP contribution in [0.1, 0.15) is 30.5 Å². The Hall–Kier alpha value is -2.88. The summed E-state index contributed by atoms with van der Waals surface area (Å²) in [6.07, 6.45) is 3.15. The monoisotopic (exact) mass is 337 g/mol. The maximum absolute atomic E-state index is 12.8. The van der Waals surface area contributed by atoms with Crippen molar-refractivity contribution in [2.45, 2.75) is 25.8 Å². The number of rotatable bonds is 7. The Morgan fingerprint density at radius 2 is 1.64 bits per heavy atom. The van der Waals surface area contributed by atoms with Crippen molar-refractivity contribution in [1.29, 1.82) is 0 Å². The van der Waals surface area contributed by atoms with Gasteiger partial charge in [0, 0.05) is 12.0 Å². The molecule has 0 spiro atoms. The topological polar surface area (TPSA) is 55.4 Å². The van der Waals surface area contributed by atoms with E-state index in [1.165, 1.54) is 7.11 Å². The molecule has 4 heteroatoms. The fourth-order valence-corrected chi connectivity index (χ4v) is 2.57. The molecule has 0 bridgehead atoms. The summed E-state index contributed by atoms with van der Waals surface area (Å²) < 4.78 is 4.85. The second-order valence-electron chi connectivity index (χ2n) is 5.64. The minimum absolute atomic E-state index is 0.259. The second-order valence-corrected chi connectivity index (χ2v) is 5.64. The van der Waals surface area contributed by atoms with Gasteiger partial charge >= 0.3 is 5.97 Å². The summed E-state index contributed by atoms with van der Waals surface area (Å²) in [5.74, 6) is -0.750. The highest BCUT2D eigenvalue weighted by atomic mass is 16.5. The van der Waals surface area contributed by atoms with Gasteiger partial charge in [-0.3, -0.25) is 4.79 Å². The average Bonchev–Trinajstić information content (AvgIpc) is 2.66. The van der Waals surface area contributed by atoms with Crippen molar-refractivity contribution >= 4 is 11.9 Å². The van der Waals surface area contributed by atoms with E-state index >= 15 is 0 Å². The van der Waals surface area contributed by atoms with Crippen molar-refractivity contribution in [2.24, 2.45) is 0 Å². The molecule has 4 nitrogen and oxygen atoms in total. The lowest BCUT2D eigenvalue weighted by molar-refractivity contribution is -0.144. The van der Waals surface area contributed by atoms with Crippen LogP contribution in [0, 0.1) is 0 Å². The lowest BCUT2D eigenvalue weighted by Crippen LogP contribution is -2.35. The lowest BCUT2D eigenvalue weighted by Gasteiger charge is -2.18. The first-order valence-electron chi connectivity index (χ1n) is 8.32. The summed E-state index contributed by atoms with van der Waals surface area (Å²) in [5, 5.41) is 2.81. The number of carbonyl (C=O) groups is 2. The first-order chi connectivity index (χ1) is 12.2. The fourth-order valence-electron chi connectivity index (χ4n) is 2.57. The van der Waals surface area contributed by atoms with Crippen LogP contribution in [0.3, 0.4) is 0 Å². The Morgan fingerprint density at radius 1 is 1.04 bits per heavy atom. The van der Waals surface area contributed by atoms with Gasteiger partial charge in [-0.1, -0.05) is 73.7 Å². The van der Waals surface area contributed by atoms with Crippen molar-refractivity contribution < 1.29 is 14.3 Å². The smallest absolute Gasteiger partial charge is 0.333 e. The molecule has 2 rings (SSSR count). The summed E-state index contributed by atoms with van der Waals surface area (Å²) in [7, 11) is 1.32. The highest BCUT2D eigenvalue weighted by Crippen LogP contribution is 2.16. The summed E-state index contributed by atoms with van der Waals surface area (Å²) in [6.45, 7) is 1.98. The molecule has 2 aromatic rings. The molecule has 0 unspecified atom stereocenters. The van der Waals surface area contributed by atoms with E-state index in [1.54, 1.807) is 12.1 Å². The molecule has 0 saturated carbocycles. The summed E-state index contributed by atoms with van der Waals surface area (Å²) in [4.78, 5) is 24.9. The van der Waals surface area contributed by atoms with Gasteiger partial charge in [0.15, 0.2) is 6.04 Å². The standard InChI is InChI=1S/C21H23NO3/c1-3-10-18(15-16-11-6-4-7-12-16)20(23)22-19(21(24)25-2)17-13-8-5-9-14-17/h4-14,19H,3,15H2,1-2H3,(H,22,23)/t19-/m1/s1. The van der Waals surface area contributed by atoms with Crippen LogP contribution in [-0.4, -0.2) is 19.0 Å². The number of methoxy groups -OCH3 is 1. The van der Waals surface area contributed by atoms with Crippen LogP contribution >= 0.6 is 0 Å². The van der Waals surface area contributed by atoms with Gasteiger partial charge in [0.25, 0.3) is 0 Å². The number of benzene rings is 2. The van der Waals surface area contributed by atoms with Crippen LogP contribution in [0.4, 0.5) is 0 Å². The van der Waals surface area contributed by atoms with Crippen LogP contribution in [0.25, 0.3) is 0 Å². The van der Waals surface area contributed by atoms with E-state index in [-0.39, 0.29) is 5.91 Å². The zero-order chi connectivity index (χ0) is 18.1. The molecule has 1 amide bonds. The molecule has 0 aromatic heterocycles. The maximum Gasteiger partial charge on any atom is 0.333 e. The molecule has 0 radical (unpaired) electrons. The van der Waals surface area contributed by atoms with Crippen LogP contribution in [0.15, 0.2) is 72.3 Å². The molecule has 130 valence electrons. The first-order valence-corrected chi connectivity index (χ1v) is 8.32. The van der Waals surface area contributed by atoms with Gasteiger partial charge in [-0.2, -0.15) is 0 Å². The lowest BCUT2D eigenvalue weighted by atomic mass is 10.0. The molecule has 1 N–H and O–H groups in total. The van der Waals surface area contributed by atoms with Gasteiger partial charge in [-0.05, 0) is 17.5 Å². The Labute approximate surface area is 148 Å². The molecular formula is C21H23NO3. The third-order valence-corrected chi connectivity index (χ3v) is 3.82. The van der Waals surface area contributed by atoms with Crippen LogP contribution in [0.2, 0.25) is 0 Å². The quantitative estimate of drug-likeness (QED) is 0.620. The zero-order valence-corrected chi connectivity index (χ0v) is 14.6. The van der Waals surface area contributed by atoms with Crippen molar-refractivity contribution in [3.8, 4) is 0 Å². The van der Waals surface area contributed by atoms with E-state index in [0.717, 1.165) is 12.0 Å². The van der Waals surface area contributed by atoms with Crippen molar-refractivity contribution in [2.75, 3.05) is 7.11 Å². The SMILES string of the molecule is CCC=C(Cc1ccccc1)C(=O)N[C@@H](C(=O)OC)c1ccccc1. The maximum atomic E-state index is 12.8. The predicted octanol–water partition coefficient (Wildman–Crippen LogP) is 3.60. The van der Waals surface area contributed by atoms with E-state index in [1.807, 2.05) is 61.5 Å². The minimum atomic E-state index is -0.824. The molecule has 0 aliphatic carbocycles. The Morgan fingerprint density at radius 3 is 2.20 bits per heavy atom. The molecular weight excluding hydrogens is 314 g/mol. The number of nitrogens with one attached hydrogen (secondary N) is 1. The number of carbonyl (C=O) groups excluding carboxylic acids is 2. The third-order valence-electron chi connectivity index (χ3n) is 3.82. The van der Waals surface area contributed by atoms with Crippen LogP contribution in [-0.2, 0) is 20.7 Å². The molecule has 1 atom stereocenters. The predicted molar refractivity (Wildman–Crippen MR) is 97.9 cm³/mol. The van der Waals surface area contributed by atoms with Crippen LogP contribution < -0.4 is 5.32 Å². The molecule has 0 aliphatic rings. The summed E-state index contributed by atoms with van der Waals surface area (Å²) in [5.41, 5.74) is 2.38. The highest BCUT2D eigenvalue weighted by molar-refractivity contribution is 5.96. The summed E-state index contributed by atoms with van der Waals surface area (Å²) >= 11 is 0. The minimum Gasteiger partial charge on any atom is -0.467 e. The number of amides is 1. The largest absolute Gasteiger partial charge is 0.467 e. The average molecular weight is 337 g/mol. The van der Waals surface area contributed by atoms with Gasteiger partial charge in [-0.25, -0.2) is 4.79 Å². The zero-order valence-electron chi connectivity index (χ0n) is 14.6.